The average Bonchev–Trinajstić information content (AvgIpc) is 3.18. The van der Waals surface area contributed by atoms with E-state index in [0.717, 1.165) is 30.3 Å². The normalized spacial score (nSPS) is 11.3. The van der Waals surface area contributed by atoms with Gasteiger partial charge >= 0.3 is 6.18 Å². The molecule has 0 radical (unpaired) electrons. The number of alkyl halides is 3. The van der Waals surface area contributed by atoms with Crippen LogP contribution in [0.3, 0.4) is 0 Å². The van der Waals surface area contributed by atoms with E-state index in [1.54, 1.807) is 10.6 Å². The van der Waals surface area contributed by atoms with E-state index in [4.69, 9.17) is 4.74 Å². The molecular weight excluding hydrogens is 453 g/mol. The summed E-state index contributed by atoms with van der Waals surface area (Å²) in [5.74, 6) is 0.761. The number of hydrogen-bond acceptors (Lipinski definition) is 5. The number of benzene rings is 2. The molecule has 6 nitrogen and oxygen atoms in total. The van der Waals surface area contributed by atoms with Crippen LogP contribution in [0.5, 0.6) is 5.75 Å². The highest BCUT2D eigenvalue weighted by atomic mass is 32.2. The van der Waals surface area contributed by atoms with Crippen LogP contribution in [0.2, 0.25) is 0 Å². The lowest BCUT2D eigenvalue weighted by molar-refractivity contribution is -0.137. The quantitative estimate of drug-likeness (QED) is 0.315. The molecule has 1 amide bonds. The standard InChI is InChI=1S/C23H23F3N4O2S/c1-3-12-30-20(14-32-19-10-8-16(4-2)9-11-19)28-29-22(30)33-15-21(31)27-18-7-5-6-17(13-18)23(24,25)26/h3,5-11,13H,1,4,12,14-15H2,2H3,(H,27,31). The van der Waals surface area contributed by atoms with Gasteiger partial charge in [-0.3, -0.25) is 9.36 Å². The molecule has 3 aromatic rings. The van der Waals surface area contributed by atoms with Gasteiger partial charge in [-0.15, -0.1) is 16.8 Å². The zero-order valence-corrected chi connectivity index (χ0v) is 18.7. The van der Waals surface area contributed by atoms with Crippen molar-refractivity contribution in [3.05, 3.63) is 78.1 Å². The van der Waals surface area contributed by atoms with E-state index in [1.165, 1.54) is 17.7 Å². The Morgan fingerprint density at radius 1 is 1.21 bits per heavy atom. The Balaban J connectivity index is 1.60. The molecule has 0 bridgehead atoms. The van der Waals surface area contributed by atoms with Crippen molar-refractivity contribution < 1.29 is 22.7 Å². The molecule has 2 aromatic carbocycles. The van der Waals surface area contributed by atoms with Gasteiger partial charge in [0.1, 0.15) is 12.4 Å². The maximum absolute atomic E-state index is 12.8. The molecule has 1 heterocycles. The summed E-state index contributed by atoms with van der Waals surface area (Å²) in [5, 5.41) is 11.2. The SMILES string of the molecule is C=CCn1c(COc2ccc(CC)cc2)nnc1SCC(=O)Nc1cccc(C(F)(F)F)c1. The molecule has 0 saturated heterocycles. The van der Waals surface area contributed by atoms with Gasteiger partial charge in [0.15, 0.2) is 11.0 Å². The summed E-state index contributed by atoms with van der Waals surface area (Å²) in [6, 6.07) is 12.3. The van der Waals surface area contributed by atoms with Gasteiger partial charge in [0.2, 0.25) is 5.91 Å². The number of thioether (sulfide) groups is 1. The lowest BCUT2D eigenvalue weighted by Gasteiger charge is -2.11. The summed E-state index contributed by atoms with van der Waals surface area (Å²) in [4.78, 5) is 12.3. The Hall–Kier alpha value is -3.27. The van der Waals surface area contributed by atoms with E-state index in [1.807, 2.05) is 24.3 Å². The van der Waals surface area contributed by atoms with E-state index in [9.17, 15) is 18.0 Å². The molecule has 0 atom stereocenters. The number of aromatic nitrogens is 3. The molecule has 1 N–H and O–H groups in total. The molecule has 1 aromatic heterocycles. The summed E-state index contributed by atoms with van der Waals surface area (Å²) in [6.45, 7) is 6.41. The van der Waals surface area contributed by atoms with Gasteiger partial charge in [-0.25, -0.2) is 0 Å². The van der Waals surface area contributed by atoms with Gasteiger partial charge in [-0.1, -0.05) is 43.0 Å². The Morgan fingerprint density at radius 3 is 2.64 bits per heavy atom. The molecule has 0 saturated carbocycles. The highest BCUT2D eigenvalue weighted by Crippen LogP contribution is 2.30. The predicted octanol–water partition coefficient (Wildman–Crippen LogP) is 5.36. The topological polar surface area (TPSA) is 69.0 Å². The minimum atomic E-state index is -4.48. The van der Waals surface area contributed by atoms with E-state index in [0.29, 0.717) is 23.3 Å². The van der Waals surface area contributed by atoms with Crippen molar-refractivity contribution in [3.63, 3.8) is 0 Å². The molecule has 3 rings (SSSR count). The number of allylic oxidation sites excluding steroid dienone is 1. The third-order valence-corrected chi connectivity index (χ3v) is 5.58. The minimum absolute atomic E-state index is 0.0507. The molecule has 0 aliphatic heterocycles. The first-order chi connectivity index (χ1) is 15.8. The lowest BCUT2D eigenvalue weighted by atomic mass is 10.2. The monoisotopic (exact) mass is 476 g/mol. The highest BCUT2D eigenvalue weighted by molar-refractivity contribution is 7.99. The first kappa shape index (κ1) is 24.4. The van der Waals surface area contributed by atoms with Crippen molar-refractivity contribution in [2.24, 2.45) is 0 Å². The van der Waals surface area contributed by atoms with Crippen molar-refractivity contribution in [3.8, 4) is 5.75 Å². The molecular formula is C23H23F3N4O2S. The number of hydrogen-bond donors (Lipinski definition) is 1. The van der Waals surface area contributed by atoms with E-state index in [2.05, 4.69) is 29.0 Å². The molecule has 174 valence electrons. The fourth-order valence-corrected chi connectivity index (χ4v) is 3.68. The van der Waals surface area contributed by atoms with Gasteiger partial charge in [0, 0.05) is 12.2 Å². The summed E-state index contributed by atoms with van der Waals surface area (Å²) in [7, 11) is 0. The Bertz CT molecular complexity index is 1100. The predicted molar refractivity (Wildman–Crippen MR) is 121 cm³/mol. The molecule has 10 heteroatoms. The van der Waals surface area contributed by atoms with Crippen LogP contribution in [-0.2, 0) is 30.5 Å². The van der Waals surface area contributed by atoms with Gasteiger partial charge < -0.3 is 10.1 Å². The number of nitrogens with one attached hydrogen (secondary N) is 1. The summed E-state index contributed by atoms with van der Waals surface area (Å²) >= 11 is 1.12. The van der Waals surface area contributed by atoms with Crippen molar-refractivity contribution in [2.75, 3.05) is 11.1 Å². The largest absolute Gasteiger partial charge is 0.486 e. The number of rotatable bonds is 10. The average molecular weight is 477 g/mol. The Labute approximate surface area is 193 Å². The second-order valence-corrected chi connectivity index (χ2v) is 7.94. The van der Waals surface area contributed by atoms with Crippen LogP contribution in [0.1, 0.15) is 23.9 Å². The van der Waals surface area contributed by atoms with Gasteiger partial charge in [0.05, 0.1) is 11.3 Å². The maximum atomic E-state index is 12.8. The number of anilines is 1. The summed E-state index contributed by atoms with van der Waals surface area (Å²) in [5.41, 5.74) is 0.457. The third-order valence-electron chi connectivity index (χ3n) is 4.61. The van der Waals surface area contributed by atoms with Gasteiger partial charge in [-0.05, 0) is 42.3 Å². The summed E-state index contributed by atoms with van der Waals surface area (Å²) in [6.07, 6.45) is -1.86. The van der Waals surface area contributed by atoms with E-state index in [-0.39, 0.29) is 18.0 Å². The van der Waals surface area contributed by atoms with Crippen LogP contribution in [0, 0.1) is 0 Å². The third kappa shape index (κ3) is 6.85. The number of nitrogens with zero attached hydrogens (tertiary/aromatic N) is 3. The molecule has 0 unspecified atom stereocenters. The zero-order chi connectivity index (χ0) is 23.8. The first-order valence-electron chi connectivity index (χ1n) is 10.1. The van der Waals surface area contributed by atoms with Crippen molar-refractivity contribution in [2.45, 2.75) is 37.8 Å². The number of carbonyl (C=O) groups excluding carboxylic acids is 1. The van der Waals surface area contributed by atoms with Gasteiger partial charge in [0.25, 0.3) is 0 Å². The number of ether oxygens (including phenoxy) is 1. The second-order valence-electron chi connectivity index (χ2n) is 7.00. The maximum Gasteiger partial charge on any atom is 0.416 e. The smallest absolute Gasteiger partial charge is 0.416 e. The molecule has 0 aliphatic carbocycles. The van der Waals surface area contributed by atoms with E-state index >= 15 is 0 Å². The van der Waals surface area contributed by atoms with Crippen LogP contribution in [0.25, 0.3) is 0 Å². The molecule has 0 spiro atoms. The fraction of sp³-hybridized carbons (Fsp3) is 0.261. The molecule has 0 aliphatic rings. The Morgan fingerprint density at radius 2 is 1.97 bits per heavy atom. The fourth-order valence-electron chi connectivity index (χ4n) is 2.91. The van der Waals surface area contributed by atoms with Crippen molar-refractivity contribution in [1.82, 2.24) is 14.8 Å². The highest BCUT2D eigenvalue weighted by Gasteiger charge is 2.30. The zero-order valence-electron chi connectivity index (χ0n) is 17.9. The van der Waals surface area contributed by atoms with Crippen molar-refractivity contribution in [1.29, 1.82) is 0 Å². The van der Waals surface area contributed by atoms with Crippen LogP contribution in [-0.4, -0.2) is 26.4 Å². The second kappa shape index (κ2) is 11.0. The Kier molecular flexibility index (Phi) is 8.16. The molecule has 0 fully saturated rings. The van der Waals surface area contributed by atoms with Crippen LogP contribution in [0.15, 0.2) is 66.3 Å². The molecule has 33 heavy (non-hydrogen) atoms. The number of aryl methyl sites for hydroxylation is 1. The van der Waals surface area contributed by atoms with Crippen LogP contribution in [0.4, 0.5) is 18.9 Å². The number of carbonyl (C=O) groups is 1. The van der Waals surface area contributed by atoms with Crippen LogP contribution < -0.4 is 10.1 Å². The number of halogens is 3. The lowest BCUT2D eigenvalue weighted by Crippen LogP contribution is -2.15. The van der Waals surface area contributed by atoms with Crippen molar-refractivity contribution >= 4 is 23.4 Å². The van der Waals surface area contributed by atoms with Crippen LogP contribution >= 0.6 is 11.8 Å². The first-order valence-corrected chi connectivity index (χ1v) is 11.1. The summed E-state index contributed by atoms with van der Waals surface area (Å²) < 4.78 is 46.1. The van der Waals surface area contributed by atoms with E-state index < -0.39 is 17.6 Å². The van der Waals surface area contributed by atoms with Gasteiger partial charge in [-0.2, -0.15) is 13.2 Å². The number of amides is 1. The minimum Gasteiger partial charge on any atom is -0.486 e.